The van der Waals surface area contributed by atoms with Crippen LogP contribution in [-0.4, -0.2) is 52.2 Å². The molecule has 0 unspecified atom stereocenters. The molecule has 182 valence electrons. The predicted molar refractivity (Wildman–Crippen MR) is 135 cm³/mol. The van der Waals surface area contributed by atoms with Gasteiger partial charge in [0.05, 0.1) is 17.3 Å². The molecule has 0 N–H and O–H groups in total. The molecule has 3 aliphatic rings. The summed E-state index contributed by atoms with van der Waals surface area (Å²) in [5, 5.41) is 0.637. The molecule has 7 heteroatoms. The predicted octanol–water partition coefficient (Wildman–Crippen LogP) is 6.11. The minimum atomic E-state index is -0.494. The van der Waals surface area contributed by atoms with Crippen LogP contribution in [0.4, 0.5) is 4.79 Å². The molecule has 4 rings (SSSR count). The summed E-state index contributed by atoms with van der Waals surface area (Å²) in [4.78, 5) is 34.4. The Morgan fingerprint density at radius 1 is 1.21 bits per heavy atom. The van der Waals surface area contributed by atoms with Gasteiger partial charge in [-0.2, -0.15) is 0 Å². The largest absolute Gasteiger partial charge is 0.444 e. The van der Waals surface area contributed by atoms with E-state index in [0.29, 0.717) is 23.7 Å². The molecule has 1 aliphatic carbocycles. The van der Waals surface area contributed by atoms with E-state index < -0.39 is 11.1 Å². The minimum absolute atomic E-state index is 0.00911. The van der Waals surface area contributed by atoms with Crippen molar-refractivity contribution in [2.24, 2.45) is 4.99 Å². The molecule has 0 spiro atoms. The summed E-state index contributed by atoms with van der Waals surface area (Å²) in [6.07, 6.45) is 9.15. The lowest BCUT2D eigenvalue weighted by atomic mass is 9.93. The van der Waals surface area contributed by atoms with Crippen molar-refractivity contribution in [2.75, 3.05) is 13.1 Å². The lowest BCUT2D eigenvalue weighted by Gasteiger charge is -2.34. The Morgan fingerprint density at radius 3 is 2.59 bits per heavy atom. The number of allylic oxidation sites excluding steroid dienone is 4. The third-order valence-electron chi connectivity index (χ3n) is 6.54. The molecule has 2 amide bonds. The van der Waals surface area contributed by atoms with E-state index in [0.717, 1.165) is 42.7 Å². The Bertz CT molecular complexity index is 1070. The molecule has 0 saturated carbocycles. The summed E-state index contributed by atoms with van der Waals surface area (Å²) in [5.74, 6) is 0.00911. The Hall–Kier alpha value is -2.60. The van der Waals surface area contributed by atoms with Gasteiger partial charge >= 0.3 is 6.09 Å². The maximum Gasteiger partial charge on any atom is 0.410 e. The monoisotopic (exact) mass is 483 g/mol. The number of piperidine rings is 1. The standard InChI is InChI=1S/C27H34ClN3O3/c1-26(2,3)34-25(33)30-14-12-19(13-15-30)29-20-8-6-7-9-21(17-20)31-24(32)22-11-10-18(28)16-23(22)27(31,4)5/h6,8,10-11,16-17,19H,7,9,12-15H2,1-5H3. The van der Waals surface area contributed by atoms with Crippen molar-refractivity contribution in [3.63, 3.8) is 0 Å². The van der Waals surface area contributed by atoms with Gasteiger partial charge in [0, 0.05) is 29.4 Å². The summed E-state index contributed by atoms with van der Waals surface area (Å²) in [5.41, 5.74) is 2.53. The summed E-state index contributed by atoms with van der Waals surface area (Å²) in [6, 6.07) is 5.63. The molecule has 1 aromatic rings. The van der Waals surface area contributed by atoms with Crippen molar-refractivity contribution >= 4 is 29.3 Å². The van der Waals surface area contributed by atoms with E-state index in [1.54, 1.807) is 11.0 Å². The van der Waals surface area contributed by atoms with Gasteiger partial charge < -0.3 is 14.5 Å². The topological polar surface area (TPSA) is 62.2 Å². The number of likely N-dealkylation sites (tertiary alicyclic amines) is 1. The molecular formula is C27H34ClN3O3. The number of carbonyl (C=O) groups excluding carboxylic acids is 2. The number of carbonyl (C=O) groups is 2. The normalized spacial score (nSPS) is 22.0. The third kappa shape index (κ3) is 5.07. The number of benzene rings is 1. The molecule has 34 heavy (non-hydrogen) atoms. The van der Waals surface area contributed by atoms with Gasteiger partial charge in [-0.25, -0.2) is 4.79 Å². The third-order valence-corrected chi connectivity index (χ3v) is 6.77. The second-order valence-electron chi connectivity index (χ2n) is 10.7. The van der Waals surface area contributed by atoms with Crippen molar-refractivity contribution in [1.82, 2.24) is 9.80 Å². The molecule has 0 aromatic heterocycles. The zero-order chi connectivity index (χ0) is 24.7. The molecule has 1 aromatic carbocycles. The van der Waals surface area contributed by atoms with Crippen LogP contribution in [0.25, 0.3) is 0 Å². The van der Waals surface area contributed by atoms with Gasteiger partial charge in [0.1, 0.15) is 5.60 Å². The van der Waals surface area contributed by atoms with E-state index >= 15 is 0 Å². The van der Waals surface area contributed by atoms with Gasteiger partial charge in [0.25, 0.3) is 5.91 Å². The lowest BCUT2D eigenvalue weighted by Crippen LogP contribution is -2.42. The second kappa shape index (κ2) is 9.21. The fourth-order valence-corrected chi connectivity index (χ4v) is 5.06. The highest BCUT2D eigenvalue weighted by molar-refractivity contribution is 6.30. The van der Waals surface area contributed by atoms with Gasteiger partial charge in [-0.05, 0) is 96.2 Å². The highest BCUT2D eigenvalue weighted by Gasteiger charge is 2.44. The molecule has 0 atom stereocenters. The summed E-state index contributed by atoms with van der Waals surface area (Å²) < 4.78 is 5.50. The smallest absolute Gasteiger partial charge is 0.410 e. The van der Waals surface area contributed by atoms with Crippen molar-refractivity contribution in [3.8, 4) is 0 Å². The Kier molecular flexibility index (Phi) is 6.65. The molecule has 0 radical (unpaired) electrons. The van der Waals surface area contributed by atoms with Crippen molar-refractivity contribution < 1.29 is 14.3 Å². The van der Waals surface area contributed by atoms with Crippen LogP contribution in [0.2, 0.25) is 5.02 Å². The Balaban J connectivity index is 1.51. The number of nitrogens with zero attached hydrogens (tertiary/aromatic N) is 3. The van der Waals surface area contributed by atoms with Gasteiger partial charge in [0.2, 0.25) is 0 Å². The Morgan fingerprint density at radius 2 is 1.91 bits per heavy atom. The quantitative estimate of drug-likeness (QED) is 0.510. The number of hydrogen-bond donors (Lipinski definition) is 0. The highest BCUT2D eigenvalue weighted by atomic mass is 35.5. The number of hydrogen-bond acceptors (Lipinski definition) is 4. The van der Waals surface area contributed by atoms with E-state index in [1.165, 1.54) is 0 Å². The first-order valence-corrected chi connectivity index (χ1v) is 12.4. The fourth-order valence-electron chi connectivity index (χ4n) is 4.89. The van der Waals surface area contributed by atoms with Crippen LogP contribution in [0, 0.1) is 0 Å². The van der Waals surface area contributed by atoms with Crippen LogP contribution in [-0.2, 0) is 10.3 Å². The first kappa shape index (κ1) is 24.5. The van der Waals surface area contributed by atoms with Crippen LogP contribution in [0.1, 0.15) is 76.2 Å². The Labute approximate surface area is 207 Å². The van der Waals surface area contributed by atoms with Gasteiger partial charge in [-0.15, -0.1) is 0 Å². The van der Waals surface area contributed by atoms with Gasteiger partial charge in [-0.1, -0.05) is 17.7 Å². The van der Waals surface area contributed by atoms with Crippen molar-refractivity contribution in [3.05, 3.63) is 58.3 Å². The van der Waals surface area contributed by atoms with E-state index in [4.69, 9.17) is 21.3 Å². The second-order valence-corrected chi connectivity index (χ2v) is 11.2. The molecule has 6 nitrogen and oxygen atoms in total. The SMILES string of the molecule is CC(C)(C)OC(=O)N1CCC(N=C2C=CCCC(N3C(=O)c4ccc(Cl)cc4C3(C)C)=C2)CC1. The number of amides is 2. The number of ether oxygens (including phenoxy) is 1. The lowest BCUT2D eigenvalue weighted by molar-refractivity contribution is 0.0207. The van der Waals surface area contributed by atoms with Crippen LogP contribution in [0.3, 0.4) is 0 Å². The first-order chi connectivity index (χ1) is 16.0. The van der Waals surface area contributed by atoms with E-state index in [-0.39, 0.29) is 18.0 Å². The molecule has 2 aliphatic heterocycles. The zero-order valence-corrected chi connectivity index (χ0v) is 21.5. The van der Waals surface area contributed by atoms with E-state index in [9.17, 15) is 9.59 Å². The molecular weight excluding hydrogens is 450 g/mol. The van der Waals surface area contributed by atoms with Crippen LogP contribution >= 0.6 is 11.6 Å². The van der Waals surface area contributed by atoms with E-state index in [2.05, 4.69) is 26.0 Å². The highest BCUT2D eigenvalue weighted by Crippen LogP contribution is 2.43. The van der Waals surface area contributed by atoms with Crippen molar-refractivity contribution in [1.29, 1.82) is 0 Å². The minimum Gasteiger partial charge on any atom is -0.444 e. The van der Waals surface area contributed by atoms with E-state index in [1.807, 2.05) is 43.9 Å². The van der Waals surface area contributed by atoms with Gasteiger partial charge in [-0.3, -0.25) is 9.79 Å². The average Bonchev–Trinajstić information content (AvgIpc) is 2.88. The maximum absolute atomic E-state index is 13.4. The summed E-state index contributed by atoms with van der Waals surface area (Å²) in [6.45, 7) is 11.0. The van der Waals surface area contributed by atoms with Crippen molar-refractivity contribution in [2.45, 2.75) is 77.5 Å². The van der Waals surface area contributed by atoms with Gasteiger partial charge in [0.15, 0.2) is 0 Å². The number of halogens is 1. The first-order valence-electron chi connectivity index (χ1n) is 12.0. The number of rotatable bonds is 2. The summed E-state index contributed by atoms with van der Waals surface area (Å²) in [7, 11) is 0. The number of fused-ring (bicyclic) bond motifs is 1. The molecule has 0 bridgehead atoms. The van der Waals surface area contributed by atoms with Crippen LogP contribution < -0.4 is 0 Å². The molecule has 2 heterocycles. The average molecular weight is 484 g/mol. The number of aliphatic imine (C=N–C) groups is 1. The summed E-state index contributed by atoms with van der Waals surface area (Å²) >= 11 is 6.24. The molecule has 1 saturated heterocycles. The molecule has 1 fully saturated rings. The maximum atomic E-state index is 13.4. The van der Waals surface area contributed by atoms with Crippen LogP contribution in [0.15, 0.2) is 47.1 Å². The van der Waals surface area contributed by atoms with Crippen LogP contribution in [0.5, 0.6) is 0 Å². The zero-order valence-electron chi connectivity index (χ0n) is 20.7. The fraction of sp³-hybridized carbons (Fsp3) is 0.519.